The molecular weight excluding hydrogens is 262 g/mol. The van der Waals surface area contributed by atoms with E-state index in [1.807, 2.05) is 6.07 Å². The second-order valence-electron chi connectivity index (χ2n) is 4.82. The summed E-state index contributed by atoms with van der Waals surface area (Å²) in [6.45, 7) is 0.0109. The number of hydrogen-bond donors (Lipinski definition) is 3. The molecule has 2 aromatic rings. The molecule has 7 heteroatoms. The minimum absolute atomic E-state index is 0.0109. The molecule has 1 amide bonds. The van der Waals surface area contributed by atoms with E-state index < -0.39 is 24.0 Å². The van der Waals surface area contributed by atoms with Gasteiger partial charge in [-0.2, -0.15) is 5.10 Å². The van der Waals surface area contributed by atoms with E-state index in [1.165, 1.54) is 0 Å². The Kier molecular flexibility index (Phi) is 2.90. The summed E-state index contributed by atoms with van der Waals surface area (Å²) in [7, 11) is 0. The lowest BCUT2D eigenvalue weighted by atomic mass is 10.1. The Morgan fingerprint density at radius 2 is 2.10 bits per heavy atom. The van der Waals surface area contributed by atoms with E-state index in [2.05, 4.69) is 10.2 Å². The molecule has 3 N–H and O–H groups in total. The van der Waals surface area contributed by atoms with Crippen molar-refractivity contribution in [2.75, 3.05) is 6.54 Å². The van der Waals surface area contributed by atoms with Crippen molar-refractivity contribution in [3.63, 3.8) is 0 Å². The highest BCUT2D eigenvalue weighted by molar-refractivity contribution is 6.05. The zero-order chi connectivity index (χ0) is 14.3. The number of aromatic amines is 1. The summed E-state index contributed by atoms with van der Waals surface area (Å²) in [5.74, 6) is -1.60. The van der Waals surface area contributed by atoms with Crippen molar-refractivity contribution in [1.29, 1.82) is 0 Å². The molecule has 1 aromatic heterocycles. The molecule has 104 valence electrons. The molecule has 1 saturated heterocycles. The molecule has 1 aromatic carbocycles. The van der Waals surface area contributed by atoms with Gasteiger partial charge in [-0.15, -0.1) is 0 Å². The van der Waals surface area contributed by atoms with E-state index in [4.69, 9.17) is 5.11 Å². The fourth-order valence-corrected chi connectivity index (χ4v) is 2.53. The third-order valence-electron chi connectivity index (χ3n) is 3.50. The van der Waals surface area contributed by atoms with Crippen molar-refractivity contribution >= 4 is 22.8 Å². The Bertz CT molecular complexity index is 681. The highest BCUT2D eigenvalue weighted by Crippen LogP contribution is 2.23. The van der Waals surface area contributed by atoms with Crippen LogP contribution in [0.5, 0.6) is 0 Å². The van der Waals surface area contributed by atoms with Crippen LogP contribution >= 0.6 is 0 Å². The Balaban J connectivity index is 1.98. The van der Waals surface area contributed by atoms with E-state index in [1.54, 1.807) is 18.2 Å². The van der Waals surface area contributed by atoms with Gasteiger partial charge >= 0.3 is 5.97 Å². The number of fused-ring (bicyclic) bond motifs is 1. The summed E-state index contributed by atoms with van der Waals surface area (Å²) in [6.07, 6.45) is -0.770. The van der Waals surface area contributed by atoms with Crippen LogP contribution in [0.25, 0.3) is 10.9 Å². The SMILES string of the molecule is O=C(O)C1CC(O)CN1C(=O)c1n[nH]c2ccccc12. The number of H-pyrrole nitrogens is 1. The number of carbonyl (C=O) groups excluding carboxylic acids is 1. The van der Waals surface area contributed by atoms with E-state index >= 15 is 0 Å². The minimum atomic E-state index is -1.12. The first kappa shape index (κ1) is 12.6. The molecule has 1 aliphatic heterocycles. The highest BCUT2D eigenvalue weighted by atomic mass is 16.4. The standard InChI is InChI=1S/C13H13N3O4/c17-7-5-10(13(19)20)16(6-7)12(18)11-8-3-1-2-4-9(8)14-15-11/h1-4,7,10,17H,5-6H2,(H,14,15)(H,19,20). The van der Waals surface area contributed by atoms with E-state index in [9.17, 15) is 14.7 Å². The number of aliphatic hydroxyl groups is 1. The molecule has 7 nitrogen and oxygen atoms in total. The van der Waals surface area contributed by atoms with Crippen LogP contribution in [0.1, 0.15) is 16.9 Å². The fourth-order valence-electron chi connectivity index (χ4n) is 2.53. The first-order chi connectivity index (χ1) is 9.58. The van der Waals surface area contributed by atoms with Gasteiger partial charge < -0.3 is 15.1 Å². The van der Waals surface area contributed by atoms with Gasteiger partial charge in [-0.1, -0.05) is 18.2 Å². The first-order valence-electron chi connectivity index (χ1n) is 6.23. The van der Waals surface area contributed by atoms with Crippen LogP contribution in [-0.2, 0) is 4.79 Å². The summed E-state index contributed by atoms with van der Waals surface area (Å²) < 4.78 is 0. The van der Waals surface area contributed by atoms with Crippen molar-refractivity contribution in [1.82, 2.24) is 15.1 Å². The van der Waals surface area contributed by atoms with Crippen molar-refractivity contribution in [3.8, 4) is 0 Å². The molecule has 2 atom stereocenters. The van der Waals surface area contributed by atoms with Gasteiger partial charge in [0.05, 0.1) is 11.6 Å². The number of benzene rings is 1. The number of nitrogens with one attached hydrogen (secondary N) is 1. The smallest absolute Gasteiger partial charge is 0.326 e. The summed E-state index contributed by atoms with van der Waals surface area (Å²) in [5, 5.41) is 26.1. The topological polar surface area (TPSA) is 107 Å². The average Bonchev–Trinajstić information content (AvgIpc) is 3.01. The van der Waals surface area contributed by atoms with Gasteiger partial charge in [0.15, 0.2) is 5.69 Å². The van der Waals surface area contributed by atoms with Crippen LogP contribution in [0.2, 0.25) is 0 Å². The zero-order valence-electron chi connectivity index (χ0n) is 10.5. The van der Waals surface area contributed by atoms with Gasteiger partial charge in [-0.3, -0.25) is 9.89 Å². The lowest BCUT2D eigenvalue weighted by Gasteiger charge is -2.20. The zero-order valence-corrected chi connectivity index (χ0v) is 10.5. The van der Waals surface area contributed by atoms with E-state index in [-0.39, 0.29) is 18.7 Å². The largest absolute Gasteiger partial charge is 0.480 e. The highest BCUT2D eigenvalue weighted by Gasteiger charge is 2.40. The Morgan fingerprint density at radius 1 is 1.35 bits per heavy atom. The molecule has 0 radical (unpaired) electrons. The molecule has 2 unspecified atom stereocenters. The number of carboxylic acid groups (broad SMARTS) is 1. The minimum Gasteiger partial charge on any atom is -0.480 e. The van der Waals surface area contributed by atoms with E-state index in [0.717, 1.165) is 4.90 Å². The van der Waals surface area contributed by atoms with Crippen LogP contribution in [0, 0.1) is 0 Å². The van der Waals surface area contributed by atoms with Gasteiger partial charge in [0.2, 0.25) is 0 Å². The molecule has 20 heavy (non-hydrogen) atoms. The summed E-state index contributed by atoms with van der Waals surface area (Å²) in [4.78, 5) is 24.8. The number of aromatic nitrogens is 2. The maximum Gasteiger partial charge on any atom is 0.326 e. The number of aliphatic carboxylic acids is 1. The molecule has 3 rings (SSSR count). The van der Waals surface area contributed by atoms with Crippen LogP contribution in [0.15, 0.2) is 24.3 Å². The van der Waals surface area contributed by atoms with E-state index in [0.29, 0.717) is 10.9 Å². The van der Waals surface area contributed by atoms with Crippen LogP contribution < -0.4 is 0 Å². The lowest BCUT2D eigenvalue weighted by Crippen LogP contribution is -2.40. The number of rotatable bonds is 2. The molecule has 0 aliphatic carbocycles. The van der Waals surface area contributed by atoms with Crippen LogP contribution in [0.4, 0.5) is 0 Å². The Hall–Kier alpha value is -2.41. The van der Waals surface area contributed by atoms with Gasteiger partial charge in [0.1, 0.15) is 6.04 Å². The second-order valence-corrected chi connectivity index (χ2v) is 4.82. The number of carbonyl (C=O) groups is 2. The number of aliphatic hydroxyl groups excluding tert-OH is 1. The summed E-state index contributed by atoms with van der Waals surface area (Å²) in [5.41, 5.74) is 0.892. The fraction of sp³-hybridized carbons (Fsp3) is 0.308. The molecule has 0 bridgehead atoms. The third-order valence-corrected chi connectivity index (χ3v) is 3.50. The number of hydrogen-bond acceptors (Lipinski definition) is 4. The first-order valence-corrected chi connectivity index (χ1v) is 6.23. The number of likely N-dealkylation sites (tertiary alicyclic amines) is 1. The quantitative estimate of drug-likeness (QED) is 0.727. The third kappa shape index (κ3) is 1.92. The summed E-state index contributed by atoms with van der Waals surface area (Å²) >= 11 is 0. The normalized spacial score (nSPS) is 22.4. The maximum atomic E-state index is 12.5. The van der Waals surface area contributed by atoms with Crippen molar-refractivity contribution in [3.05, 3.63) is 30.0 Å². The number of carboxylic acids is 1. The van der Waals surface area contributed by atoms with Crippen LogP contribution in [-0.4, -0.2) is 55.9 Å². The lowest BCUT2D eigenvalue weighted by molar-refractivity contribution is -0.141. The van der Waals surface area contributed by atoms with Gasteiger partial charge in [-0.25, -0.2) is 4.79 Å². The average molecular weight is 275 g/mol. The van der Waals surface area contributed by atoms with Gasteiger partial charge in [0, 0.05) is 18.4 Å². The van der Waals surface area contributed by atoms with Crippen molar-refractivity contribution < 1.29 is 19.8 Å². The molecule has 1 aliphatic rings. The van der Waals surface area contributed by atoms with Crippen LogP contribution in [0.3, 0.4) is 0 Å². The molecular formula is C13H13N3O4. The predicted molar refractivity (Wildman–Crippen MR) is 69.2 cm³/mol. The number of β-amino-alcohol motifs (C(OH)–C–C–N with tert-alkyl or cyclic N) is 1. The number of para-hydroxylation sites is 1. The maximum absolute atomic E-state index is 12.5. The molecule has 1 fully saturated rings. The molecule has 0 saturated carbocycles. The predicted octanol–water partition coefficient (Wildman–Crippen LogP) is 0.223. The van der Waals surface area contributed by atoms with Crippen molar-refractivity contribution in [2.45, 2.75) is 18.6 Å². The number of amides is 1. The number of nitrogens with zero attached hydrogens (tertiary/aromatic N) is 2. The monoisotopic (exact) mass is 275 g/mol. The van der Waals surface area contributed by atoms with Gasteiger partial charge in [0.25, 0.3) is 5.91 Å². The summed E-state index contributed by atoms with van der Waals surface area (Å²) in [6, 6.07) is 6.12. The second kappa shape index (κ2) is 4.61. The Labute approximate surface area is 113 Å². The Morgan fingerprint density at radius 3 is 2.85 bits per heavy atom. The van der Waals surface area contributed by atoms with Gasteiger partial charge in [-0.05, 0) is 6.07 Å². The molecule has 0 spiro atoms. The molecule has 2 heterocycles. The van der Waals surface area contributed by atoms with Crippen molar-refractivity contribution in [2.24, 2.45) is 0 Å².